The third kappa shape index (κ3) is 8.72. The Balaban J connectivity index is 0.845. The van der Waals surface area contributed by atoms with Crippen molar-refractivity contribution in [2.75, 3.05) is 0 Å². The van der Waals surface area contributed by atoms with Crippen LogP contribution in [0.25, 0.3) is 198 Å². The second kappa shape index (κ2) is 21.7. The van der Waals surface area contributed by atoms with E-state index in [0.29, 0.717) is 0 Å². The van der Waals surface area contributed by atoms with Gasteiger partial charge in [-0.15, -0.1) is 0 Å². The molecule has 0 N–H and O–H groups in total. The van der Waals surface area contributed by atoms with Gasteiger partial charge in [0.25, 0.3) is 0 Å². The molecule has 2 heteroatoms. The second-order valence-corrected chi connectivity index (χ2v) is 24.9. The van der Waals surface area contributed by atoms with Gasteiger partial charge in [-0.25, -0.2) is 0 Å². The van der Waals surface area contributed by atoms with Gasteiger partial charge in [0, 0.05) is 21.5 Å². The summed E-state index contributed by atoms with van der Waals surface area (Å²) in [4.78, 5) is 0. The lowest BCUT2D eigenvalue weighted by atomic mass is 9.82. The van der Waals surface area contributed by atoms with Crippen LogP contribution in [0.5, 0.6) is 0 Å². The molecule has 19 aromatic rings. The number of para-hydroxylation sites is 2. The van der Waals surface area contributed by atoms with Crippen LogP contribution in [0.3, 0.4) is 0 Å². The fourth-order valence-electron chi connectivity index (χ4n) is 15.3. The van der Waals surface area contributed by atoms with Gasteiger partial charge in [0.15, 0.2) is 0 Å². The van der Waals surface area contributed by atoms with Crippen molar-refractivity contribution in [3.63, 3.8) is 0 Å². The maximum absolute atomic E-state index is 6.90. The number of furan rings is 2. The highest BCUT2D eigenvalue weighted by Crippen LogP contribution is 2.51. The summed E-state index contributed by atoms with van der Waals surface area (Å²) < 4.78 is 13.6. The summed E-state index contributed by atoms with van der Waals surface area (Å²) in [6, 6.07) is 125. The van der Waals surface area contributed by atoms with E-state index in [1.807, 2.05) is 6.07 Å². The fourth-order valence-corrected chi connectivity index (χ4v) is 15.3. The molecule has 0 amide bonds. The maximum Gasteiger partial charge on any atom is 0.136 e. The lowest BCUT2D eigenvalue weighted by molar-refractivity contribution is 0.668. The van der Waals surface area contributed by atoms with E-state index in [9.17, 15) is 0 Å². The molecule has 0 spiro atoms. The first-order valence-corrected chi connectivity index (χ1v) is 32.4. The van der Waals surface area contributed by atoms with Crippen molar-refractivity contribution in [3.05, 3.63) is 340 Å². The zero-order chi connectivity index (χ0) is 61.8. The van der Waals surface area contributed by atoms with Gasteiger partial charge in [-0.05, 0) is 203 Å². The van der Waals surface area contributed by atoms with E-state index in [4.69, 9.17) is 8.83 Å². The zero-order valence-electron chi connectivity index (χ0n) is 51.1. The van der Waals surface area contributed by atoms with Crippen molar-refractivity contribution in [1.29, 1.82) is 0 Å². The Labute approximate surface area is 543 Å². The predicted octanol–water partition coefficient (Wildman–Crippen LogP) is 26.3. The molecular weight excluding hydrogens is 1140 g/mol. The molecule has 436 valence electrons. The predicted molar refractivity (Wildman–Crippen MR) is 397 cm³/mol. The van der Waals surface area contributed by atoms with Gasteiger partial charge < -0.3 is 8.83 Å². The van der Waals surface area contributed by atoms with E-state index in [2.05, 4.69) is 334 Å². The summed E-state index contributed by atoms with van der Waals surface area (Å²) in [5.74, 6) is 0. The van der Waals surface area contributed by atoms with Gasteiger partial charge in [-0.1, -0.05) is 291 Å². The molecule has 17 aromatic carbocycles. The maximum atomic E-state index is 6.90. The molecular formula is C92H56O2. The van der Waals surface area contributed by atoms with Crippen molar-refractivity contribution in [2.24, 2.45) is 0 Å². The van der Waals surface area contributed by atoms with Crippen LogP contribution >= 0.6 is 0 Å². The van der Waals surface area contributed by atoms with E-state index < -0.39 is 0 Å². The van der Waals surface area contributed by atoms with Crippen LogP contribution in [0.1, 0.15) is 0 Å². The van der Waals surface area contributed by atoms with Crippen LogP contribution < -0.4 is 0 Å². The Kier molecular flexibility index (Phi) is 12.3. The number of fused-ring (bicyclic) bond motifs is 11. The molecule has 0 bridgehead atoms. The van der Waals surface area contributed by atoms with Gasteiger partial charge >= 0.3 is 0 Å². The molecule has 94 heavy (non-hydrogen) atoms. The first-order chi connectivity index (χ1) is 46.6. The monoisotopic (exact) mass is 1190 g/mol. The van der Waals surface area contributed by atoms with E-state index in [1.54, 1.807) is 0 Å². The Morgan fingerprint density at radius 2 is 0.500 bits per heavy atom. The summed E-state index contributed by atoms with van der Waals surface area (Å²) in [6.07, 6.45) is 0. The van der Waals surface area contributed by atoms with Crippen LogP contribution in [0.2, 0.25) is 0 Å². The minimum absolute atomic E-state index is 0.858. The molecule has 19 rings (SSSR count). The van der Waals surface area contributed by atoms with E-state index in [1.165, 1.54) is 93.2 Å². The van der Waals surface area contributed by atoms with Crippen molar-refractivity contribution in [3.8, 4) is 100 Å². The molecule has 2 nitrogen and oxygen atoms in total. The highest BCUT2D eigenvalue weighted by molar-refractivity contribution is 6.25. The molecule has 2 aromatic heterocycles. The fraction of sp³-hybridized carbons (Fsp3) is 0. The first kappa shape index (κ1) is 53.5. The number of hydrogen-bond donors (Lipinski definition) is 0. The number of hydrogen-bond acceptors (Lipinski definition) is 2. The van der Waals surface area contributed by atoms with Crippen LogP contribution in [0.15, 0.2) is 349 Å². The molecule has 0 aliphatic carbocycles. The van der Waals surface area contributed by atoms with Crippen LogP contribution in [0.4, 0.5) is 0 Å². The van der Waals surface area contributed by atoms with Crippen LogP contribution in [-0.4, -0.2) is 0 Å². The molecule has 0 fully saturated rings. The smallest absolute Gasteiger partial charge is 0.136 e. The van der Waals surface area contributed by atoms with Crippen molar-refractivity contribution >= 4 is 97.7 Å². The molecule has 0 aliphatic heterocycles. The van der Waals surface area contributed by atoms with E-state index >= 15 is 0 Å². The largest absolute Gasteiger partial charge is 0.456 e. The van der Waals surface area contributed by atoms with Gasteiger partial charge in [-0.2, -0.15) is 0 Å². The average Bonchev–Trinajstić information content (AvgIpc) is 0.737. The minimum atomic E-state index is 0.858. The quantitative estimate of drug-likeness (QED) is 0.135. The Hall–Kier alpha value is -12.4. The third-order valence-electron chi connectivity index (χ3n) is 19.7. The first-order valence-electron chi connectivity index (χ1n) is 32.4. The Morgan fingerprint density at radius 3 is 1.09 bits per heavy atom. The summed E-state index contributed by atoms with van der Waals surface area (Å²) >= 11 is 0. The average molecular weight is 1190 g/mol. The summed E-state index contributed by atoms with van der Waals surface area (Å²) in [7, 11) is 0. The molecule has 0 unspecified atom stereocenters. The van der Waals surface area contributed by atoms with Gasteiger partial charge in [0.1, 0.15) is 22.3 Å². The highest BCUT2D eigenvalue weighted by atomic mass is 16.3. The summed E-state index contributed by atoms with van der Waals surface area (Å²) in [5.41, 5.74) is 24.4. The van der Waals surface area contributed by atoms with Gasteiger partial charge in [0.05, 0.1) is 0 Å². The number of rotatable bonds is 9. The molecule has 0 aliphatic rings. The highest BCUT2D eigenvalue weighted by Gasteiger charge is 2.24. The Morgan fingerprint density at radius 1 is 0.149 bits per heavy atom. The normalized spacial score (nSPS) is 11.8. The Bertz CT molecular complexity index is 6230. The number of benzene rings is 17. The summed E-state index contributed by atoms with van der Waals surface area (Å²) in [6.45, 7) is 0. The molecule has 0 saturated heterocycles. The zero-order valence-corrected chi connectivity index (χ0v) is 51.1. The van der Waals surface area contributed by atoms with Gasteiger partial charge in [-0.3, -0.25) is 0 Å². The van der Waals surface area contributed by atoms with E-state index in [0.717, 1.165) is 105 Å². The van der Waals surface area contributed by atoms with Crippen LogP contribution in [0, 0.1) is 0 Å². The van der Waals surface area contributed by atoms with Crippen molar-refractivity contribution in [2.45, 2.75) is 0 Å². The lowest BCUT2D eigenvalue weighted by Gasteiger charge is -2.20. The summed E-state index contributed by atoms with van der Waals surface area (Å²) in [5, 5.41) is 16.3. The third-order valence-corrected chi connectivity index (χ3v) is 19.7. The topological polar surface area (TPSA) is 26.3 Å². The van der Waals surface area contributed by atoms with Gasteiger partial charge in [0.2, 0.25) is 0 Å². The standard InChI is InChI=1S/C92H56O2/c1-3-18-57(19-4-1)58-34-36-59(37-35-58)60-38-42-64(43-39-60)88-74-26-9-11-28-76(74)90(68-48-49-73-72-25-13-15-32-84(72)93-86(73)55-68)82-52-66(46-50-78(82)88)67-47-51-79-83(53-67)91(69-54-81(62-20-5-2-6-21-62)92-80-30-14-16-33-85(80)94-87(92)56-69)77-29-12-10-27-75(77)89(79)65-44-40-63(41-45-65)71-31-17-23-61-22-7-8-24-70(61)71/h1-56H. The second-order valence-electron chi connectivity index (χ2n) is 24.9. The molecule has 0 radical (unpaired) electrons. The SMILES string of the molecule is c1ccc(-c2ccc(-c3ccc(-c4c5ccccc5c(-c5ccc6c(c5)oc5ccccc56)c5cc(-c6ccc7c(-c8ccc(-c9cccc%10ccccc9%10)cc8)c8ccccc8c(-c8cc(-c9ccccc9)c9c(c8)oc8ccccc89)c7c6)ccc45)cc3)cc2)cc1. The van der Waals surface area contributed by atoms with E-state index in [-0.39, 0.29) is 0 Å². The molecule has 2 heterocycles. The minimum Gasteiger partial charge on any atom is -0.456 e. The van der Waals surface area contributed by atoms with Crippen molar-refractivity contribution in [1.82, 2.24) is 0 Å². The molecule has 0 saturated carbocycles. The van der Waals surface area contributed by atoms with Crippen molar-refractivity contribution < 1.29 is 8.83 Å². The lowest BCUT2D eigenvalue weighted by Crippen LogP contribution is -1.94. The molecule has 0 atom stereocenters. The van der Waals surface area contributed by atoms with Crippen LogP contribution in [-0.2, 0) is 0 Å².